The van der Waals surface area contributed by atoms with Gasteiger partial charge < -0.3 is 28.5 Å². The van der Waals surface area contributed by atoms with Crippen LogP contribution in [0.1, 0.15) is 40.3 Å². The first-order valence-electron chi connectivity index (χ1n) is 14.3. The van der Waals surface area contributed by atoms with E-state index in [1.165, 1.54) is 31.4 Å². The number of fused-ring (bicyclic) bond motifs is 2. The molecule has 1 aliphatic rings. The van der Waals surface area contributed by atoms with E-state index < -0.39 is 23.4 Å². The van der Waals surface area contributed by atoms with E-state index in [4.69, 9.17) is 19.0 Å². The molecule has 17 heteroatoms. The lowest BCUT2D eigenvalue weighted by Gasteiger charge is -2.24. The van der Waals surface area contributed by atoms with E-state index in [1.54, 1.807) is 32.0 Å². The van der Waals surface area contributed by atoms with Gasteiger partial charge in [-0.25, -0.2) is 18.0 Å². The lowest BCUT2D eigenvalue weighted by molar-refractivity contribution is -0.147. The Hall–Kier alpha value is -3.41. The quantitative estimate of drug-likeness (QED) is 0.0864. The molecule has 0 saturated carbocycles. The van der Waals surface area contributed by atoms with E-state index in [0.717, 1.165) is 0 Å². The molecule has 270 valence electrons. The Morgan fingerprint density at radius 2 is 1.52 bits per heavy atom. The second-order valence-electron chi connectivity index (χ2n) is 9.54. The summed E-state index contributed by atoms with van der Waals surface area (Å²) in [6.45, 7) is 4.35. The number of hydrogen-bond donors (Lipinski definition) is 1. The maximum absolute atomic E-state index is 13.6. The van der Waals surface area contributed by atoms with Crippen LogP contribution in [-0.4, -0.2) is 61.6 Å². The lowest BCUT2D eigenvalue weighted by Crippen LogP contribution is -2.29. The maximum Gasteiger partial charge on any atom is 0.374 e. The molecule has 3 aromatic carbocycles. The van der Waals surface area contributed by atoms with Crippen LogP contribution in [0.4, 0.5) is 13.2 Å². The summed E-state index contributed by atoms with van der Waals surface area (Å²) >= 11 is 12.0. The van der Waals surface area contributed by atoms with E-state index in [-0.39, 0.29) is 70.0 Å². The Balaban J connectivity index is 0.000000242. The van der Waals surface area contributed by atoms with Gasteiger partial charge in [0, 0.05) is 6.07 Å². The lowest BCUT2D eigenvalue weighted by atomic mass is 9.97. The third-order valence-electron chi connectivity index (χ3n) is 6.27. The number of carbonyl (C=O) groups excluding carboxylic acids is 4. The predicted octanol–water partition coefficient (Wildman–Crippen LogP) is 8.87. The molecule has 0 fully saturated rings. The minimum Gasteiger partial charge on any atom is -0.507 e. The summed E-state index contributed by atoms with van der Waals surface area (Å²) in [6, 6.07) is 10.4. The number of phenolic OH excluding ortho intramolecular Hbond substituents is 1. The minimum atomic E-state index is -0.736. The number of halogens is 7. The third kappa shape index (κ3) is 11.8. The number of ether oxygens (including phenoxy) is 4. The van der Waals surface area contributed by atoms with Gasteiger partial charge in [0.25, 0.3) is 0 Å². The summed E-state index contributed by atoms with van der Waals surface area (Å²) in [7, 11) is 1.33. The zero-order valence-electron chi connectivity index (χ0n) is 26.5. The number of alkyl halides is 1. The number of phenols is 1. The molecule has 1 aromatic heterocycles. The van der Waals surface area contributed by atoms with Crippen molar-refractivity contribution >= 4 is 98.9 Å². The molecule has 50 heavy (non-hydrogen) atoms. The van der Waals surface area contributed by atoms with Gasteiger partial charge in [-0.2, -0.15) is 0 Å². The van der Waals surface area contributed by atoms with Crippen molar-refractivity contribution in [3.05, 3.63) is 90.2 Å². The van der Waals surface area contributed by atoms with Gasteiger partial charge in [-0.1, -0.05) is 22.0 Å². The fraction of sp³-hybridized carbons (Fsp3) is 0.273. The highest BCUT2D eigenvalue weighted by molar-refractivity contribution is 9.11. The molecule has 5 rings (SSSR count). The van der Waals surface area contributed by atoms with Gasteiger partial charge in [0.2, 0.25) is 5.76 Å². The Bertz CT molecular complexity index is 1820. The second kappa shape index (κ2) is 21.1. The summed E-state index contributed by atoms with van der Waals surface area (Å²) in [5, 5.41) is 9.48. The number of esters is 3. The molecule has 0 bridgehead atoms. The zero-order chi connectivity index (χ0) is 37.5. The van der Waals surface area contributed by atoms with Crippen LogP contribution >= 0.6 is 63.7 Å². The van der Waals surface area contributed by atoms with Crippen molar-refractivity contribution in [3.63, 3.8) is 0 Å². The number of benzene rings is 3. The van der Waals surface area contributed by atoms with E-state index in [9.17, 15) is 32.3 Å². The van der Waals surface area contributed by atoms with Crippen molar-refractivity contribution in [2.45, 2.75) is 20.3 Å². The number of methoxy groups -OCH3 is 1. The Morgan fingerprint density at radius 3 is 2.08 bits per heavy atom. The third-order valence-corrected chi connectivity index (χ3v) is 8.56. The first kappa shape index (κ1) is 42.8. The van der Waals surface area contributed by atoms with Crippen LogP contribution in [0.5, 0.6) is 11.5 Å². The molecule has 0 saturated heterocycles. The highest BCUT2D eigenvalue weighted by Gasteiger charge is 2.29. The summed E-state index contributed by atoms with van der Waals surface area (Å²) < 4.78 is 65.2. The second-order valence-corrected chi connectivity index (χ2v) is 12.7. The largest absolute Gasteiger partial charge is 0.507 e. The normalized spacial score (nSPS) is 12.6. The van der Waals surface area contributed by atoms with E-state index in [1.807, 2.05) is 0 Å². The predicted molar refractivity (Wildman–Crippen MR) is 190 cm³/mol. The molecule has 0 aliphatic carbocycles. The molecule has 0 amide bonds. The van der Waals surface area contributed by atoms with Crippen molar-refractivity contribution in [1.29, 1.82) is 0 Å². The van der Waals surface area contributed by atoms with Gasteiger partial charge in [0.1, 0.15) is 29.1 Å². The van der Waals surface area contributed by atoms with E-state index in [2.05, 4.69) is 73.2 Å². The molecule has 0 radical (unpaired) electrons. The number of furan rings is 1. The first-order chi connectivity index (χ1) is 23.7. The number of rotatable bonds is 6. The van der Waals surface area contributed by atoms with Crippen LogP contribution in [0, 0.1) is 23.4 Å². The highest BCUT2D eigenvalue weighted by atomic mass is 79.9. The molecular weight excluding hydrogens is 933 g/mol. The molecular formula is C33H29Br4F3O10. The molecule has 1 unspecified atom stereocenters. The fourth-order valence-corrected chi connectivity index (χ4v) is 5.10. The maximum atomic E-state index is 13.6. The molecule has 4 aromatic rings. The van der Waals surface area contributed by atoms with Crippen LogP contribution in [-0.2, 0) is 30.2 Å². The average molecular weight is 962 g/mol. The SMILES string of the molecule is CCOC(=O)CBr.CCOC(=O)c1cc2c(F)c(Br)ccc2o1.COC(=O)C1COc2c(ccc(Br)c2F)C1.O=Cc1c(O)ccc(Br)c1F. The van der Waals surface area contributed by atoms with Gasteiger partial charge >= 0.3 is 17.9 Å². The van der Waals surface area contributed by atoms with Crippen LogP contribution in [0.2, 0.25) is 0 Å². The van der Waals surface area contributed by atoms with Crippen LogP contribution in [0.15, 0.2) is 60.3 Å². The number of carbonyl (C=O) groups is 4. The van der Waals surface area contributed by atoms with E-state index in [0.29, 0.717) is 38.4 Å². The van der Waals surface area contributed by atoms with Crippen molar-refractivity contribution in [2.24, 2.45) is 5.92 Å². The minimum absolute atomic E-state index is 0.00819. The van der Waals surface area contributed by atoms with Gasteiger partial charge in [0.05, 0.1) is 50.6 Å². The Labute approximate surface area is 318 Å². The average Bonchev–Trinajstić information content (AvgIpc) is 3.56. The summed E-state index contributed by atoms with van der Waals surface area (Å²) in [5.41, 5.74) is 0.700. The van der Waals surface area contributed by atoms with E-state index >= 15 is 0 Å². The molecule has 2 heterocycles. The van der Waals surface area contributed by atoms with Crippen LogP contribution < -0.4 is 4.74 Å². The Kier molecular flexibility index (Phi) is 18.0. The first-order valence-corrected chi connectivity index (χ1v) is 17.8. The van der Waals surface area contributed by atoms with Crippen molar-refractivity contribution in [2.75, 3.05) is 32.3 Å². The zero-order valence-corrected chi connectivity index (χ0v) is 32.8. The van der Waals surface area contributed by atoms with Gasteiger partial charge in [0.15, 0.2) is 23.7 Å². The summed E-state index contributed by atoms with van der Waals surface area (Å²) in [5.74, 6) is -3.18. The van der Waals surface area contributed by atoms with Gasteiger partial charge in [-0.15, -0.1) is 0 Å². The highest BCUT2D eigenvalue weighted by Crippen LogP contribution is 2.34. The molecule has 1 aliphatic heterocycles. The monoisotopic (exact) mass is 958 g/mol. The topological polar surface area (TPSA) is 139 Å². The van der Waals surface area contributed by atoms with Gasteiger partial charge in [-0.05, 0) is 104 Å². The molecule has 10 nitrogen and oxygen atoms in total. The van der Waals surface area contributed by atoms with Crippen LogP contribution in [0.3, 0.4) is 0 Å². The molecule has 0 spiro atoms. The number of aromatic hydroxyl groups is 1. The smallest absolute Gasteiger partial charge is 0.374 e. The molecule has 1 N–H and O–H groups in total. The summed E-state index contributed by atoms with van der Waals surface area (Å²) in [6.07, 6.45) is 0.724. The van der Waals surface area contributed by atoms with Crippen LogP contribution in [0.25, 0.3) is 11.0 Å². The van der Waals surface area contributed by atoms with Gasteiger partial charge in [-0.3, -0.25) is 14.4 Å². The standard InChI is InChI=1S/C11H10BrFO3.C11H8BrFO3.C7H4BrFO2.C4H7BrO2/c1-15-11(14)7-4-6-2-3-8(12)9(13)10(6)16-5-7;1-2-15-11(14)9-5-6-8(16-9)4-3-7(12)10(6)13;8-5-1-2-6(11)4(3-10)7(5)9;1-2-7-4(6)3-5/h2-3,7H,4-5H2,1H3;3-5H,2H2,1H3;1-3,11H;2-3H2,1H3. The van der Waals surface area contributed by atoms with Crippen molar-refractivity contribution < 1.29 is 60.8 Å². The van der Waals surface area contributed by atoms with Crippen molar-refractivity contribution in [3.8, 4) is 11.5 Å². The van der Waals surface area contributed by atoms with Crippen molar-refractivity contribution in [1.82, 2.24) is 0 Å². The number of hydrogen-bond acceptors (Lipinski definition) is 10. The fourth-order valence-electron chi connectivity index (χ4n) is 3.94. The number of aldehydes is 1. The molecule has 1 atom stereocenters. The summed E-state index contributed by atoms with van der Waals surface area (Å²) in [4.78, 5) is 43.0. The Morgan fingerprint density at radius 1 is 0.920 bits per heavy atom.